The quantitative estimate of drug-likeness (QED) is 0.755. The minimum atomic E-state index is -0.0116. The first-order chi connectivity index (χ1) is 12.8. The molecule has 134 valence electrons. The molecule has 1 aliphatic heterocycles. The number of fused-ring (bicyclic) bond motifs is 1. The minimum absolute atomic E-state index is 0.0116. The van der Waals surface area contributed by atoms with Crippen molar-refractivity contribution in [3.05, 3.63) is 71.9 Å². The number of benzene rings is 2. The molecule has 1 atom stereocenters. The zero-order chi connectivity index (χ0) is 17.8. The maximum Gasteiger partial charge on any atom is 0.222 e. The number of H-pyrrole nitrogens is 1. The molecule has 0 aliphatic carbocycles. The molecule has 2 heterocycles. The van der Waals surface area contributed by atoms with Gasteiger partial charge in [-0.05, 0) is 30.0 Å². The Bertz CT molecular complexity index is 872. The molecule has 2 aromatic carbocycles. The lowest BCUT2D eigenvalue weighted by Crippen LogP contribution is -2.42. The summed E-state index contributed by atoms with van der Waals surface area (Å²) in [5.41, 5.74) is 3.59. The van der Waals surface area contributed by atoms with Crippen LogP contribution in [0.4, 0.5) is 0 Å². The van der Waals surface area contributed by atoms with Crippen LogP contribution >= 0.6 is 0 Å². The van der Waals surface area contributed by atoms with Crippen LogP contribution in [0.5, 0.6) is 0 Å². The number of morpholine rings is 1. The van der Waals surface area contributed by atoms with Crippen LogP contribution in [0.2, 0.25) is 0 Å². The number of nitrogens with one attached hydrogen (secondary N) is 1. The van der Waals surface area contributed by atoms with Crippen LogP contribution in [-0.4, -0.2) is 35.5 Å². The van der Waals surface area contributed by atoms with Crippen LogP contribution in [-0.2, 0) is 16.0 Å². The van der Waals surface area contributed by atoms with Crippen LogP contribution in [0.1, 0.15) is 30.1 Å². The van der Waals surface area contributed by atoms with Gasteiger partial charge in [0.25, 0.3) is 0 Å². The number of nitrogens with zero attached hydrogens (tertiary/aromatic N) is 1. The molecule has 0 bridgehead atoms. The van der Waals surface area contributed by atoms with E-state index in [0.717, 1.165) is 23.9 Å². The van der Waals surface area contributed by atoms with Crippen LogP contribution in [0, 0.1) is 0 Å². The summed E-state index contributed by atoms with van der Waals surface area (Å²) in [6.45, 7) is 1.94. The third-order valence-electron chi connectivity index (χ3n) is 5.10. The molecule has 1 N–H and O–H groups in total. The van der Waals surface area contributed by atoms with Gasteiger partial charge in [0.1, 0.15) is 6.10 Å². The number of aromatic amines is 1. The number of carbonyl (C=O) groups is 1. The van der Waals surface area contributed by atoms with E-state index in [4.69, 9.17) is 4.74 Å². The lowest BCUT2D eigenvalue weighted by molar-refractivity contribution is -0.139. The van der Waals surface area contributed by atoms with E-state index >= 15 is 0 Å². The average molecular weight is 348 g/mol. The molecule has 0 saturated carbocycles. The standard InChI is InChI=1S/C22H24N2O2/c25-22(12-6-9-18-15-23-20-11-5-4-10-19(18)20)24-13-14-26-21(16-24)17-7-2-1-3-8-17/h1-5,7-8,10-11,15,21,23H,6,9,12-14,16H2. The summed E-state index contributed by atoms with van der Waals surface area (Å²) in [6, 6.07) is 18.5. The first-order valence-corrected chi connectivity index (χ1v) is 9.30. The molecule has 1 saturated heterocycles. The Kier molecular flexibility index (Phi) is 5.02. The van der Waals surface area contributed by atoms with E-state index < -0.39 is 0 Å². The van der Waals surface area contributed by atoms with Crippen LogP contribution < -0.4 is 0 Å². The molecule has 1 aliphatic rings. The molecule has 4 heteroatoms. The van der Waals surface area contributed by atoms with Gasteiger partial charge < -0.3 is 14.6 Å². The second kappa shape index (κ2) is 7.75. The van der Waals surface area contributed by atoms with E-state index in [-0.39, 0.29) is 12.0 Å². The van der Waals surface area contributed by atoms with Gasteiger partial charge in [0, 0.05) is 30.1 Å². The van der Waals surface area contributed by atoms with Crippen molar-refractivity contribution in [2.45, 2.75) is 25.4 Å². The highest BCUT2D eigenvalue weighted by molar-refractivity contribution is 5.83. The molecule has 26 heavy (non-hydrogen) atoms. The first-order valence-electron chi connectivity index (χ1n) is 9.30. The normalized spacial score (nSPS) is 17.5. The molecular formula is C22H24N2O2. The average Bonchev–Trinajstić information content (AvgIpc) is 3.12. The predicted octanol–water partition coefficient (Wildman–Crippen LogP) is 4.09. The molecule has 1 amide bonds. The Hall–Kier alpha value is -2.59. The first kappa shape index (κ1) is 16.9. The highest BCUT2D eigenvalue weighted by atomic mass is 16.5. The number of carbonyl (C=O) groups excluding carboxylic acids is 1. The van der Waals surface area contributed by atoms with Crippen molar-refractivity contribution in [2.75, 3.05) is 19.7 Å². The van der Waals surface area contributed by atoms with E-state index in [0.29, 0.717) is 26.1 Å². The summed E-state index contributed by atoms with van der Waals surface area (Å²) in [5.74, 6) is 0.231. The summed E-state index contributed by atoms with van der Waals surface area (Å²) in [4.78, 5) is 17.9. The lowest BCUT2D eigenvalue weighted by Gasteiger charge is -2.33. The smallest absolute Gasteiger partial charge is 0.222 e. The van der Waals surface area contributed by atoms with Crippen LogP contribution in [0.25, 0.3) is 10.9 Å². The summed E-state index contributed by atoms with van der Waals surface area (Å²) in [6.07, 6.45) is 4.43. The van der Waals surface area contributed by atoms with Crippen molar-refractivity contribution in [3.63, 3.8) is 0 Å². The molecule has 1 aromatic heterocycles. The number of amides is 1. The SMILES string of the molecule is O=C(CCCc1c[nH]c2ccccc12)N1CCOC(c2ccccc2)C1. The van der Waals surface area contributed by atoms with Gasteiger partial charge in [0.15, 0.2) is 0 Å². The van der Waals surface area contributed by atoms with E-state index in [1.54, 1.807) is 0 Å². The maximum absolute atomic E-state index is 12.6. The molecular weight excluding hydrogens is 324 g/mol. The van der Waals surface area contributed by atoms with E-state index in [1.807, 2.05) is 29.2 Å². The summed E-state index contributed by atoms with van der Waals surface area (Å²) in [7, 11) is 0. The van der Waals surface area contributed by atoms with Gasteiger partial charge in [0.2, 0.25) is 5.91 Å². The third-order valence-corrected chi connectivity index (χ3v) is 5.10. The molecule has 0 radical (unpaired) electrons. The van der Waals surface area contributed by atoms with Gasteiger partial charge in [-0.15, -0.1) is 0 Å². The highest BCUT2D eigenvalue weighted by Crippen LogP contribution is 2.23. The molecule has 4 rings (SSSR count). The van der Waals surface area contributed by atoms with Crippen molar-refractivity contribution in [1.29, 1.82) is 0 Å². The van der Waals surface area contributed by atoms with Gasteiger partial charge >= 0.3 is 0 Å². The van der Waals surface area contributed by atoms with Crippen LogP contribution in [0.3, 0.4) is 0 Å². The fourth-order valence-electron chi connectivity index (χ4n) is 3.67. The van der Waals surface area contributed by atoms with E-state index in [2.05, 4.69) is 41.5 Å². The zero-order valence-corrected chi connectivity index (χ0v) is 14.9. The van der Waals surface area contributed by atoms with Gasteiger partial charge in [-0.3, -0.25) is 4.79 Å². The molecule has 3 aromatic rings. The Labute approximate surface area is 153 Å². The Morgan fingerprint density at radius 1 is 1.12 bits per heavy atom. The maximum atomic E-state index is 12.6. The number of hydrogen-bond donors (Lipinski definition) is 1. The fourth-order valence-corrected chi connectivity index (χ4v) is 3.67. The van der Waals surface area contributed by atoms with Gasteiger partial charge in [0.05, 0.1) is 13.2 Å². The van der Waals surface area contributed by atoms with E-state index in [9.17, 15) is 4.79 Å². The number of aromatic nitrogens is 1. The molecule has 1 fully saturated rings. The number of aryl methyl sites for hydroxylation is 1. The van der Waals surface area contributed by atoms with Crippen molar-refractivity contribution in [1.82, 2.24) is 9.88 Å². The lowest BCUT2D eigenvalue weighted by atomic mass is 10.1. The Morgan fingerprint density at radius 3 is 2.81 bits per heavy atom. The molecule has 0 spiro atoms. The molecule has 1 unspecified atom stereocenters. The van der Waals surface area contributed by atoms with Crippen molar-refractivity contribution >= 4 is 16.8 Å². The highest BCUT2D eigenvalue weighted by Gasteiger charge is 2.24. The van der Waals surface area contributed by atoms with Crippen molar-refractivity contribution in [3.8, 4) is 0 Å². The summed E-state index contributed by atoms with van der Waals surface area (Å²) < 4.78 is 5.86. The second-order valence-electron chi connectivity index (χ2n) is 6.82. The monoisotopic (exact) mass is 348 g/mol. The predicted molar refractivity (Wildman–Crippen MR) is 103 cm³/mol. The number of rotatable bonds is 5. The van der Waals surface area contributed by atoms with Crippen LogP contribution in [0.15, 0.2) is 60.8 Å². The van der Waals surface area contributed by atoms with Gasteiger partial charge in [-0.1, -0.05) is 48.5 Å². The van der Waals surface area contributed by atoms with Crippen molar-refractivity contribution < 1.29 is 9.53 Å². The number of hydrogen-bond acceptors (Lipinski definition) is 2. The second-order valence-corrected chi connectivity index (χ2v) is 6.82. The summed E-state index contributed by atoms with van der Waals surface area (Å²) in [5, 5.41) is 1.26. The van der Waals surface area contributed by atoms with Gasteiger partial charge in [-0.25, -0.2) is 0 Å². The topological polar surface area (TPSA) is 45.3 Å². The number of para-hydroxylation sites is 1. The largest absolute Gasteiger partial charge is 0.370 e. The Balaban J connectivity index is 1.32. The van der Waals surface area contributed by atoms with Crippen molar-refractivity contribution in [2.24, 2.45) is 0 Å². The molecule has 4 nitrogen and oxygen atoms in total. The van der Waals surface area contributed by atoms with Gasteiger partial charge in [-0.2, -0.15) is 0 Å². The zero-order valence-electron chi connectivity index (χ0n) is 14.9. The number of ether oxygens (including phenoxy) is 1. The van der Waals surface area contributed by atoms with E-state index in [1.165, 1.54) is 10.9 Å². The summed E-state index contributed by atoms with van der Waals surface area (Å²) >= 11 is 0. The Morgan fingerprint density at radius 2 is 1.92 bits per heavy atom. The fraction of sp³-hybridized carbons (Fsp3) is 0.318. The third kappa shape index (κ3) is 3.65. The minimum Gasteiger partial charge on any atom is -0.370 e.